The van der Waals surface area contributed by atoms with Crippen molar-refractivity contribution in [1.82, 2.24) is 0 Å². The summed E-state index contributed by atoms with van der Waals surface area (Å²) in [5.74, 6) is 0. The van der Waals surface area contributed by atoms with Gasteiger partial charge in [-0.15, -0.1) is 0 Å². The van der Waals surface area contributed by atoms with Gasteiger partial charge < -0.3 is 0 Å². The van der Waals surface area contributed by atoms with Crippen molar-refractivity contribution in [3.63, 3.8) is 0 Å². The van der Waals surface area contributed by atoms with Crippen molar-refractivity contribution in [2.24, 2.45) is 9.98 Å². The van der Waals surface area contributed by atoms with Gasteiger partial charge in [-0.1, -0.05) is 19.8 Å². The Morgan fingerprint density at radius 3 is 2.92 bits per heavy atom. The van der Waals surface area contributed by atoms with Crippen LogP contribution >= 0.6 is 0 Å². The van der Waals surface area contributed by atoms with Crippen molar-refractivity contribution < 1.29 is 0 Å². The molecule has 0 bridgehead atoms. The second kappa shape index (κ2) is 3.83. The first-order valence-electron chi connectivity index (χ1n) is 4.72. The van der Waals surface area contributed by atoms with E-state index in [0.717, 1.165) is 18.7 Å². The number of hydrogen-bond donors (Lipinski definition) is 0. The Bertz CT molecular complexity index is 206. The van der Waals surface area contributed by atoms with Crippen LogP contribution in [0.15, 0.2) is 9.98 Å². The Labute approximate surface area is 74.8 Å². The van der Waals surface area contributed by atoms with Gasteiger partial charge in [0.25, 0.3) is 0 Å². The van der Waals surface area contributed by atoms with Crippen LogP contribution in [-0.2, 0) is 0 Å². The number of nitrogens with zero attached hydrogens (tertiary/aromatic N) is 2. The molecule has 1 atom stereocenters. The lowest BCUT2D eigenvalue weighted by Crippen LogP contribution is -2.30. The topological polar surface area (TPSA) is 24.7 Å². The summed E-state index contributed by atoms with van der Waals surface area (Å²) in [6.45, 7) is 7.30. The molecule has 0 saturated carbocycles. The molecule has 2 heteroatoms. The number of hydrogen-bond acceptors (Lipinski definition) is 2. The van der Waals surface area contributed by atoms with Gasteiger partial charge in [0, 0.05) is 6.21 Å². The Hall–Kier alpha value is -0.660. The summed E-state index contributed by atoms with van der Waals surface area (Å²) < 4.78 is 0. The molecular formula is C10H18N2. The Balaban J connectivity index is 2.54. The highest BCUT2D eigenvalue weighted by atomic mass is 15.0. The van der Waals surface area contributed by atoms with E-state index in [4.69, 9.17) is 0 Å². The third-order valence-electron chi connectivity index (χ3n) is 2.23. The summed E-state index contributed by atoms with van der Waals surface area (Å²) in [4.78, 5) is 8.93. The van der Waals surface area contributed by atoms with Crippen molar-refractivity contribution in [2.75, 3.05) is 6.54 Å². The van der Waals surface area contributed by atoms with E-state index in [1.165, 1.54) is 12.8 Å². The van der Waals surface area contributed by atoms with Gasteiger partial charge in [-0.2, -0.15) is 0 Å². The van der Waals surface area contributed by atoms with Crippen molar-refractivity contribution >= 4 is 11.9 Å². The zero-order valence-corrected chi connectivity index (χ0v) is 8.30. The first-order valence-corrected chi connectivity index (χ1v) is 4.72. The van der Waals surface area contributed by atoms with Crippen LogP contribution in [0.3, 0.4) is 0 Å². The highest BCUT2D eigenvalue weighted by Gasteiger charge is 2.23. The summed E-state index contributed by atoms with van der Waals surface area (Å²) in [6.07, 6.45) is 5.53. The van der Waals surface area contributed by atoms with Crippen molar-refractivity contribution in [3.8, 4) is 0 Å². The molecule has 0 aromatic heterocycles. The van der Waals surface area contributed by atoms with Crippen LogP contribution in [0.5, 0.6) is 0 Å². The molecule has 0 aromatic rings. The van der Waals surface area contributed by atoms with Gasteiger partial charge in [0.15, 0.2) is 0 Å². The quantitative estimate of drug-likeness (QED) is 0.615. The molecule has 68 valence electrons. The zero-order chi connectivity index (χ0) is 9.03. The lowest BCUT2D eigenvalue weighted by Gasteiger charge is -2.26. The fraction of sp³-hybridized carbons (Fsp3) is 0.800. The molecule has 0 aliphatic carbocycles. The van der Waals surface area contributed by atoms with Crippen LogP contribution in [0, 0.1) is 0 Å². The third-order valence-corrected chi connectivity index (χ3v) is 2.23. The van der Waals surface area contributed by atoms with Crippen LogP contribution in [0.1, 0.15) is 40.0 Å². The Kier molecular flexibility index (Phi) is 3.01. The van der Waals surface area contributed by atoms with Gasteiger partial charge in [0.05, 0.1) is 17.8 Å². The Morgan fingerprint density at radius 1 is 1.58 bits per heavy atom. The van der Waals surface area contributed by atoms with Gasteiger partial charge in [0.2, 0.25) is 0 Å². The normalized spacial score (nSPS) is 28.8. The molecule has 2 nitrogen and oxygen atoms in total. The molecule has 0 spiro atoms. The van der Waals surface area contributed by atoms with Crippen molar-refractivity contribution in [2.45, 2.75) is 45.6 Å². The van der Waals surface area contributed by atoms with Gasteiger partial charge in [-0.25, -0.2) is 0 Å². The van der Waals surface area contributed by atoms with Crippen LogP contribution in [-0.4, -0.2) is 24.0 Å². The summed E-state index contributed by atoms with van der Waals surface area (Å²) in [5, 5.41) is 0. The molecule has 1 aliphatic rings. The summed E-state index contributed by atoms with van der Waals surface area (Å²) in [7, 11) is 0. The second-order valence-corrected chi connectivity index (χ2v) is 3.82. The van der Waals surface area contributed by atoms with E-state index in [0.29, 0.717) is 0 Å². The second-order valence-electron chi connectivity index (χ2n) is 3.82. The fourth-order valence-electron chi connectivity index (χ4n) is 1.56. The lowest BCUT2D eigenvalue weighted by molar-refractivity contribution is 0.429. The standard InChI is InChI=1S/C10H18N2/c1-4-5-6-10(3)8-11-7-9(2)12-10/h7H,4-6,8H2,1-3H3. The maximum absolute atomic E-state index is 4.62. The molecule has 0 amide bonds. The van der Waals surface area contributed by atoms with E-state index in [9.17, 15) is 0 Å². The molecule has 1 aliphatic heterocycles. The number of aliphatic imine (C=N–C) groups is 2. The average molecular weight is 166 g/mol. The predicted octanol–water partition coefficient (Wildman–Crippen LogP) is 2.48. The number of unbranched alkanes of at least 4 members (excludes halogenated alkanes) is 1. The van der Waals surface area contributed by atoms with E-state index >= 15 is 0 Å². The lowest BCUT2D eigenvalue weighted by atomic mass is 9.95. The molecule has 1 heterocycles. The first kappa shape index (κ1) is 9.43. The van der Waals surface area contributed by atoms with Gasteiger partial charge in [0.1, 0.15) is 0 Å². The Morgan fingerprint density at radius 2 is 2.33 bits per heavy atom. The molecule has 1 unspecified atom stereocenters. The SMILES string of the molecule is CCCCC1(C)CN=CC(C)=N1. The van der Waals surface area contributed by atoms with E-state index in [2.05, 4.69) is 23.8 Å². The minimum absolute atomic E-state index is 0.0921. The molecule has 0 N–H and O–H groups in total. The highest BCUT2D eigenvalue weighted by Crippen LogP contribution is 2.21. The summed E-state index contributed by atoms with van der Waals surface area (Å²) >= 11 is 0. The minimum Gasteiger partial charge on any atom is -0.289 e. The van der Waals surface area contributed by atoms with E-state index in [-0.39, 0.29) is 5.54 Å². The maximum atomic E-state index is 4.62. The number of rotatable bonds is 3. The highest BCUT2D eigenvalue weighted by molar-refractivity contribution is 6.30. The smallest absolute Gasteiger partial charge is 0.0778 e. The minimum atomic E-state index is 0.0921. The van der Waals surface area contributed by atoms with Crippen LogP contribution in [0.2, 0.25) is 0 Å². The monoisotopic (exact) mass is 166 g/mol. The zero-order valence-electron chi connectivity index (χ0n) is 8.30. The van der Waals surface area contributed by atoms with Crippen molar-refractivity contribution in [3.05, 3.63) is 0 Å². The average Bonchev–Trinajstić information content (AvgIpc) is 2.01. The van der Waals surface area contributed by atoms with E-state index in [1.54, 1.807) is 0 Å². The van der Waals surface area contributed by atoms with Crippen LogP contribution in [0.4, 0.5) is 0 Å². The molecule has 0 saturated heterocycles. The first-order chi connectivity index (χ1) is 5.66. The van der Waals surface area contributed by atoms with Gasteiger partial charge in [-0.3, -0.25) is 9.98 Å². The molecule has 0 fully saturated rings. The molecule has 1 rings (SSSR count). The predicted molar refractivity (Wildman–Crippen MR) is 54.4 cm³/mol. The van der Waals surface area contributed by atoms with Gasteiger partial charge >= 0.3 is 0 Å². The third kappa shape index (κ3) is 2.43. The van der Waals surface area contributed by atoms with E-state index in [1.807, 2.05) is 13.1 Å². The summed E-state index contributed by atoms with van der Waals surface area (Å²) in [6, 6.07) is 0. The molecule has 0 aromatic carbocycles. The van der Waals surface area contributed by atoms with Crippen molar-refractivity contribution in [1.29, 1.82) is 0 Å². The van der Waals surface area contributed by atoms with Crippen LogP contribution in [0.25, 0.3) is 0 Å². The van der Waals surface area contributed by atoms with E-state index < -0.39 is 0 Å². The largest absolute Gasteiger partial charge is 0.289 e. The molecular weight excluding hydrogens is 148 g/mol. The molecule has 0 radical (unpaired) electrons. The fourth-order valence-corrected chi connectivity index (χ4v) is 1.56. The van der Waals surface area contributed by atoms with Gasteiger partial charge in [-0.05, 0) is 20.3 Å². The molecule has 12 heavy (non-hydrogen) atoms. The maximum Gasteiger partial charge on any atom is 0.0778 e. The summed E-state index contributed by atoms with van der Waals surface area (Å²) in [5.41, 5.74) is 1.16. The van der Waals surface area contributed by atoms with Crippen LogP contribution < -0.4 is 0 Å².